The molecule has 8 nitrogen and oxygen atoms in total. The first-order valence-corrected chi connectivity index (χ1v) is 9.08. The molecule has 0 aliphatic rings. The number of benzene rings is 2. The van der Waals surface area contributed by atoms with Crippen LogP contribution in [0.15, 0.2) is 54.2 Å². The van der Waals surface area contributed by atoms with Gasteiger partial charge in [-0.1, -0.05) is 18.2 Å². The van der Waals surface area contributed by atoms with Crippen LogP contribution >= 0.6 is 0 Å². The third kappa shape index (κ3) is 6.01. The summed E-state index contributed by atoms with van der Waals surface area (Å²) >= 11 is 0. The van der Waals surface area contributed by atoms with Gasteiger partial charge in [0.2, 0.25) is 0 Å². The van der Waals surface area contributed by atoms with Gasteiger partial charge in [-0.05, 0) is 42.3 Å². The number of anilines is 1. The number of rotatable bonds is 9. The number of nitrogens with one attached hydrogen (secondary N) is 2. The van der Waals surface area contributed by atoms with Crippen LogP contribution in [0, 0.1) is 11.3 Å². The fourth-order valence-electron chi connectivity index (χ4n) is 2.68. The summed E-state index contributed by atoms with van der Waals surface area (Å²) in [6.45, 7) is 1.79. The second-order valence-corrected chi connectivity index (χ2v) is 6.39. The Hall–Kier alpha value is -3.99. The number of carbonyl (C=O) groups excluding carboxylic acids is 1. The van der Waals surface area contributed by atoms with Gasteiger partial charge in [0.1, 0.15) is 11.6 Å². The molecule has 1 unspecified atom stereocenters. The maximum atomic E-state index is 12.5. The molecule has 0 saturated heterocycles. The zero-order valence-corrected chi connectivity index (χ0v) is 16.9. The Balaban J connectivity index is 2.05. The van der Waals surface area contributed by atoms with E-state index in [1.807, 2.05) is 6.07 Å². The number of nitriles is 1. The number of aliphatic carboxylic acids is 1. The third-order valence-corrected chi connectivity index (χ3v) is 4.31. The number of methoxy groups -OCH3 is 2. The summed E-state index contributed by atoms with van der Waals surface area (Å²) in [5.74, 6) is -0.325. The summed E-state index contributed by atoms with van der Waals surface area (Å²) in [6.07, 6.45) is 1.23. The number of hydrogen-bond acceptors (Lipinski definition) is 6. The molecule has 156 valence electrons. The lowest BCUT2D eigenvalue weighted by Crippen LogP contribution is -2.28. The van der Waals surface area contributed by atoms with Gasteiger partial charge in [0.05, 0.1) is 26.7 Å². The molecule has 0 heterocycles. The molecule has 2 aromatic carbocycles. The number of ether oxygens (including phenoxy) is 2. The maximum Gasteiger partial charge on any atom is 0.307 e. The molecule has 8 heteroatoms. The smallest absolute Gasteiger partial charge is 0.307 e. The Morgan fingerprint density at radius 1 is 1.13 bits per heavy atom. The van der Waals surface area contributed by atoms with E-state index in [0.29, 0.717) is 22.7 Å². The Morgan fingerprint density at radius 2 is 1.80 bits per heavy atom. The lowest BCUT2D eigenvalue weighted by Gasteiger charge is -2.16. The van der Waals surface area contributed by atoms with Crippen LogP contribution in [0.2, 0.25) is 0 Å². The normalized spacial score (nSPS) is 11.7. The van der Waals surface area contributed by atoms with Crippen molar-refractivity contribution in [3.8, 4) is 17.6 Å². The van der Waals surface area contributed by atoms with E-state index in [9.17, 15) is 14.9 Å². The van der Waals surface area contributed by atoms with E-state index in [4.69, 9.17) is 14.6 Å². The predicted octanol–water partition coefficient (Wildman–Crippen LogP) is 3.03. The molecule has 0 fully saturated rings. The summed E-state index contributed by atoms with van der Waals surface area (Å²) in [5, 5.41) is 23.8. The Kier molecular flexibility index (Phi) is 7.82. The summed E-state index contributed by atoms with van der Waals surface area (Å²) < 4.78 is 10.5. The first-order valence-electron chi connectivity index (χ1n) is 9.08. The van der Waals surface area contributed by atoms with Crippen molar-refractivity contribution >= 4 is 17.6 Å². The van der Waals surface area contributed by atoms with E-state index in [2.05, 4.69) is 10.6 Å². The van der Waals surface area contributed by atoms with Gasteiger partial charge in [-0.2, -0.15) is 5.26 Å². The third-order valence-electron chi connectivity index (χ3n) is 4.31. The molecule has 0 radical (unpaired) electrons. The quantitative estimate of drug-likeness (QED) is 0.430. The molecular weight excluding hydrogens is 386 g/mol. The van der Waals surface area contributed by atoms with Crippen molar-refractivity contribution in [2.24, 2.45) is 0 Å². The highest BCUT2D eigenvalue weighted by Crippen LogP contribution is 2.29. The SMILES string of the molecule is COc1ccc(C(C)NC(=O)/C(C#N)=C\Nc2ccc(CC(=O)O)cc2)cc1OC. The van der Waals surface area contributed by atoms with Gasteiger partial charge in [0.15, 0.2) is 11.5 Å². The first kappa shape index (κ1) is 22.3. The van der Waals surface area contributed by atoms with Gasteiger partial charge in [0, 0.05) is 11.9 Å². The largest absolute Gasteiger partial charge is 0.493 e. The average Bonchev–Trinajstić information content (AvgIpc) is 2.74. The van der Waals surface area contributed by atoms with E-state index in [-0.39, 0.29) is 18.0 Å². The number of hydrogen-bond donors (Lipinski definition) is 3. The molecule has 2 rings (SSSR count). The lowest BCUT2D eigenvalue weighted by atomic mass is 10.1. The van der Waals surface area contributed by atoms with E-state index < -0.39 is 11.9 Å². The van der Waals surface area contributed by atoms with Crippen LogP contribution in [0.25, 0.3) is 0 Å². The van der Waals surface area contributed by atoms with E-state index >= 15 is 0 Å². The van der Waals surface area contributed by atoms with Crippen molar-refractivity contribution in [2.75, 3.05) is 19.5 Å². The Labute approximate surface area is 174 Å². The molecule has 2 aromatic rings. The van der Waals surface area contributed by atoms with Gasteiger partial charge in [-0.3, -0.25) is 9.59 Å². The molecule has 0 aromatic heterocycles. The molecular formula is C22H23N3O5. The van der Waals surface area contributed by atoms with E-state index in [0.717, 1.165) is 5.56 Å². The van der Waals surface area contributed by atoms with Gasteiger partial charge in [-0.25, -0.2) is 0 Å². The standard InChI is InChI=1S/C22H23N3O5/c1-14(16-6-9-19(29-2)20(11-16)30-3)25-22(28)17(12-23)13-24-18-7-4-15(5-8-18)10-21(26)27/h4-9,11,13-14,24H,10H2,1-3H3,(H,25,28)(H,26,27)/b17-13-. The van der Waals surface area contributed by atoms with Gasteiger partial charge >= 0.3 is 5.97 Å². The zero-order valence-electron chi connectivity index (χ0n) is 16.9. The molecule has 3 N–H and O–H groups in total. The van der Waals surface area contributed by atoms with Crippen LogP contribution in [0.5, 0.6) is 11.5 Å². The number of carboxylic acids is 1. The Morgan fingerprint density at radius 3 is 2.37 bits per heavy atom. The molecule has 0 bridgehead atoms. The maximum absolute atomic E-state index is 12.5. The number of carboxylic acid groups (broad SMARTS) is 1. The summed E-state index contributed by atoms with van der Waals surface area (Å²) in [5.41, 5.74) is 1.97. The highest BCUT2D eigenvalue weighted by molar-refractivity contribution is 5.97. The second kappa shape index (κ2) is 10.5. The van der Waals surface area contributed by atoms with Crippen molar-refractivity contribution < 1.29 is 24.2 Å². The highest BCUT2D eigenvalue weighted by atomic mass is 16.5. The van der Waals surface area contributed by atoms with Gasteiger partial charge in [-0.15, -0.1) is 0 Å². The van der Waals surface area contributed by atoms with Crippen molar-refractivity contribution in [3.05, 3.63) is 65.4 Å². The number of amides is 1. The molecule has 0 saturated carbocycles. The summed E-state index contributed by atoms with van der Waals surface area (Å²) in [4.78, 5) is 23.2. The average molecular weight is 409 g/mol. The minimum absolute atomic E-state index is 0.0734. The van der Waals surface area contributed by atoms with Crippen LogP contribution in [0.3, 0.4) is 0 Å². The van der Waals surface area contributed by atoms with Crippen molar-refractivity contribution in [1.82, 2.24) is 5.32 Å². The molecule has 0 spiro atoms. The molecule has 1 atom stereocenters. The van der Waals surface area contributed by atoms with Crippen molar-refractivity contribution in [3.63, 3.8) is 0 Å². The van der Waals surface area contributed by atoms with Gasteiger partial charge < -0.3 is 25.2 Å². The fourth-order valence-corrected chi connectivity index (χ4v) is 2.68. The fraction of sp³-hybridized carbons (Fsp3) is 0.227. The Bertz CT molecular complexity index is 977. The molecule has 1 amide bonds. The number of carbonyl (C=O) groups is 2. The summed E-state index contributed by atoms with van der Waals surface area (Å²) in [7, 11) is 3.07. The van der Waals surface area contributed by atoms with E-state index in [1.165, 1.54) is 13.3 Å². The van der Waals surface area contributed by atoms with Crippen LogP contribution < -0.4 is 20.1 Å². The number of nitrogens with zero attached hydrogens (tertiary/aromatic N) is 1. The molecule has 0 aliphatic heterocycles. The molecule has 0 aliphatic carbocycles. The monoisotopic (exact) mass is 409 g/mol. The summed E-state index contributed by atoms with van der Waals surface area (Å²) in [6, 6.07) is 13.5. The van der Waals surface area contributed by atoms with Gasteiger partial charge in [0.25, 0.3) is 5.91 Å². The minimum atomic E-state index is -0.914. The zero-order chi connectivity index (χ0) is 22.1. The second-order valence-electron chi connectivity index (χ2n) is 6.39. The van der Waals surface area contributed by atoms with Crippen molar-refractivity contribution in [2.45, 2.75) is 19.4 Å². The topological polar surface area (TPSA) is 121 Å². The minimum Gasteiger partial charge on any atom is -0.493 e. The first-order chi connectivity index (χ1) is 14.4. The van der Waals surface area contributed by atoms with E-state index in [1.54, 1.807) is 56.5 Å². The van der Waals surface area contributed by atoms with Crippen LogP contribution in [0.4, 0.5) is 5.69 Å². The van der Waals surface area contributed by atoms with Crippen molar-refractivity contribution in [1.29, 1.82) is 5.26 Å². The lowest BCUT2D eigenvalue weighted by molar-refractivity contribution is -0.136. The highest BCUT2D eigenvalue weighted by Gasteiger charge is 2.15. The van der Waals surface area contributed by atoms with Crippen LogP contribution in [-0.4, -0.2) is 31.2 Å². The molecule has 30 heavy (non-hydrogen) atoms. The van der Waals surface area contributed by atoms with Crippen LogP contribution in [-0.2, 0) is 16.0 Å². The van der Waals surface area contributed by atoms with Crippen LogP contribution in [0.1, 0.15) is 24.1 Å². The predicted molar refractivity (Wildman–Crippen MR) is 111 cm³/mol.